The molecule has 0 aromatic rings. The van der Waals surface area contributed by atoms with Crippen LogP contribution in [-0.2, 0) is 9.59 Å². The molecule has 0 spiro atoms. The standard InChI is InChI=1S/C11H19NO3/c1-7(2)10(14)11(15)12-8-3-5-9(13)6-4-8/h7-9,13H,3-6H2,1-2H3,(H,12,15). The van der Waals surface area contributed by atoms with E-state index in [1.807, 2.05) is 0 Å². The van der Waals surface area contributed by atoms with Gasteiger partial charge in [-0.05, 0) is 25.7 Å². The number of aliphatic hydroxyl groups is 1. The minimum atomic E-state index is -0.480. The quantitative estimate of drug-likeness (QED) is 0.676. The van der Waals surface area contributed by atoms with Crippen LogP contribution in [0.3, 0.4) is 0 Å². The molecule has 0 radical (unpaired) electrons. The summed E-state index contributed by atoms with van der Waals surface area (Å²) < 4.78 is 0. The van der Waals surface area contributed by atoms with Gasteiger partial charge in [0, 0.05) is 12.0 Å². The minimum Gasteiger partial charge on any atom is -0.393 e. The van der Waals surface area contributed by atoms with Crippen LogP contribution in [0.2, 0.25) is 0 Å². The third-order valence-electron chi connectivity index (χ3n) is 2.78. The maximum atomic E-state index is 11.4. The fraction of sp³-hybridized carbons (Fsp3) is 0.818. The third-order valence-corrected chi connectivity index (χ3v) is 2.78. The summed E-state index contributed by atoms with van der Waals surface area (Å²) in [6.45, 7) is 3.43. The lowest BCUT2D eigenvalue weighted by atomic mass is 9.93. The van der Waals surface area contributed by atoms with Gasteiger partial charge in [-0.1, -0.05) is 13.8 Å². The molecule has 86 valence electrons. The highest BCUT2D eigenvalue weighted by molar-refractivity contribution is 6.36. The summed E-state index contributed by atoms with van der Waals surface area (Å²) in [4.78, 5) is 22.7. The monoisotopic (exact) mass is 213 g/mol. The van der Waals surface area contributed by atoms with Gasteiger partial charge >= 0.3 is 0 Å². The van der Waals surface area contributed by atoms with Gasteiger partial charge in [-0.3, -0.25) is 9.59 Å². The molecule has 1 amide bonds. The Morgan fingerprint density at radius 2 is 1.73 bits per heavy atom. The number of aliphatic hydroxyl groups excluding tert-OH is 1. The van der Waals surface area contributed by atoms with Crippen molar-refractivity contribution < 1.29 is 14.7 Å². The van der Waals surface area contributed by atoms with E-state index in [2.05, 4.69) is 5.32 Å². The van der Waals surface area contributed by atoms with Gasteiger partial charge in [-0.15, -0.1) is 0 Å². The number of amides is 1. The van der Waals surface area contributed by atoms with Crippen molar-refractivity contribution in [2.45, 2.75) is 51.7 Å². The average Bonchev–Trinajstić information content (AvgIpc) is 2.20. The Morgan fingerprint density at radius 1 is 1.20 bits per heavy atom. The van der Waals surface area contributed by atoms with Gasteiger partial charge in [-0.25, -0.2) is 0 Å². The summed E-state index contributed by atoms with van der Waals surface area (Å²) in [5.74, 6) is -1.09. The van der Waals surface area contributed by atoms with Crippen molar-refractivity contribution in [1.29, 1.82) is 0 Å². The molecular weight excluding hydrogens is 194 g/mol. The molecule has 0 aromatic carbocycles. The number of carbonyl (C=O) groups is 2. The second kappa shape index (κ2) is 5.26. The normalized spacial score (nSPS) is 26.4. The molecule has 1 aliphatic rings. The molecule has 1 aliphatic carbocycles. The van der Waals surface area contributed by atoms with Crippen LogP contribution < -0.4 is 5.32 Å². The predicted molar refractivity (Wildman–Crippen MR) is 56.3 cm³/mol. The minimum absolute atomic E-state index is 0.0589. The summed E-state index contributed by atoms with van der Waals surface area (Å²) in [7, 11) is 0. The molecule has 4 heteroatoms. The molecule has 0 atom stereocenters. The van der Waals surface area contributed by atoms with E-state index >= 15 is 0 Å². The van der Waals surface area contributed by atoms with Crippen LogP contribution >= 0.6 is 0 Å². The highest BCUT2D eigenvalue weighted by atomic mass is 16.3. The van der Waals surface area contributed by atoms with Gasteiger partial charge in [0.25, 0.3) is 5.91 Å². The van der Waals surface area contributed by atoms with E-state index in [4.69, 9.17) is 0 Å². The van der Waals surface area contributed by atoms with Gasteiger partial charge in [0.15, 0.2) is 0 Å². The molecule has 15 heavy (non-hydrogen) atoms. The van der Waals surface area contributed by atoms with Gasteiger partial charge in [0.05, 0.1) is 6.10 Å². The van der Waals surface area contributed by atoms with Crippen molar-refractivity contribution in [3.63, 3.8) is 0 Å². The zero-order chi connectivity index (χ0) is 11.4. The van der Waals surface area contributed by atoms with E-state index < -0.39 is 5.91 Å². The van der Waals surface area contributed by atoms with Crippen LogP contribution in [0.5, 0.6) is 0 Å². The van der Waals surface area contributed by atoms with Crippen LogP contribution in [0.4, 0.5) is 0 Å². The number of Topliss-reactive ketones (excluding diaryl/α,β-unsaturated/α-hetero) is 1. The number of hydrogen-bond donors (Lipinski definition) is 2. The molecule has 4 nitrogen and oxygen atoms in total. The highest BCUT2D eigenvalue weighted by Crippen LogP contribution is 2.18. The Balaban J connectivity index is 2.35. The Bertz CT molecular complexity index is 242. The lowest BCUT2D eigenvalue weighted by Crippen LogP contribution is -2.43. The average molecular weight is 213 g/mol. The van der Waals surface area contributed by atoms with Crippen molar-refractivity contribution in [2.24, 2.45) is 5.92 Å². The summed E-state index contributed by atoms with van der Waals surface area (Å²) in [6, 6.07) is 0.0589. The van der Waals surface area contributed by atoms with Crippen LogP contribution in [-0.4, -0.2) is 28.9 Å². The van der Waals surface area contributed by atoms with Gasteiger partial charge < -0.3 is 10.4 Å². The molecular formula is C11H19NO3. The lowest BCUT2D eigenvalue weighted by Gasteiger charge is -2.26. The Hall–Kier alpha value is -0.900. The van der Waals surface area contributed by atoms with Crippen LogP contribution in [0.25, 0.3) is 0 Å². The predicted octanol–water partition coefficient (Wildman–Crippen LogP) is 0.631. The van der Waals surface area contributed by atoms with E-state index in [9.17, 15) is 14.7 Å². The van der Waals surface area contributed by atoms with E-state index in [-0.39, 0.29) is 23.8 Å². The molecule has 0 heterocycles. The molecule has 1 saturated carbocycles. The molecule has 2 N–H and O–H groups in total. The molecule has 0 bridgehead atoms. The number of hydrogen-bond acceptors (Lipinski definition) is 3. The van der Waals surface area contributed by atoms with Crippen LogP contribution in [0, 0.1) is 5.92 Å². The summed E-state index contributed by atoms with van der Waals surface area (Å²) in [5, 5.41) is 12.0. The van der Waals surface area contributed by atoms with Gasteiger partial charge in [0.1, 0.15) is 0 Å². The second-order valence-electron chi connectivity index (χ2n) is 4.50. The maximum absolute atomic E-state index is 11.4. The van der Waals surface area contributed by atoms with E-state index in [0.29, 0.717) is 12.8 Å². The van der Waals surface area contributed by atoms with E-state index in [0.717, 1.165) is 12.8 Å². The van der Waals surface area contributed by atoms with Crippen LogP contribution in [0.1, 0.15) is 39.5 Å². The SMILES string of the molecule is CC(C)C(=O)C(=O)NC1CCC(O)CC1. The largest absolute Gasteiger partial charge is 0.393 e. The molecule has 0 aromatic heterocycles. The fourth-order valence-corrected chi connectivity index (χ4v) is 1.74. The number of rotatable bonds is 3. The van der Waals surface area contributed by atoms with Gasteiger partial charge in [0.2, 0.25) is 5.78 Å². The van der Waals surface area contributed by atoms with Crippen molar-refractivity contribution in [1.82, 2.24) is 5.32 Å². The van der Waals surface area contributed by atoms with Crippen molar-refractivity contribution in [3.8, 4) is 0 Å². The first kappa shape index (κ1) is 12.2. The third kappa shape index (κ3) is 3.63. The highest BCUT2D eigenvalue weighted by Gasteiger charge is 2.24. The van der Waals surface area contributed by atoms with Crippen molar-refractivity contribution in [2.75, 3.05) is 0 Å². The maximum Gasteiger partial charge on any atom is 0.287 e. The first-order valence-electron chi connectivity index (χ1n) is 5.53. The summed E-state index contributed by atoms with van der Waals surface area (Å²) in [5.41, 5.74) is 0. The Morgan fingerprint density at radius 3 is 2.20 bits per heavy atom. The molecule has 0 saturated heterocycles. The molecule has 0 aliphatic heterocycles. The summed E-state index contributed by atoms with van der Waals surface area (Å²) >= 11 is 0. The van der Waals surface area contributed by atoms with Crippen LogP contribution in [0.15, 0.2) is 0 Å². The lowest BCUT2D eigenvalue weighted by molar-refractivity contribution is -0.140. The Labute approximate surface area is 90.0 Å². The molecule has 1 fully saturated rings. The van der Waals surface area contributed by atoms with Gasteiger partial charge in [-0.2, -0.15) is 0 Å². The second-order valence-corrected chi connectivity index (χ2v) is 4.50. The number of carbonyl (C=O) groups excluding carboxylic acids is 2. The van der Waals surface area contributed by atoms with E-state index in [1.54, 1.807) is 13.8 Å². The van der Waals surface area contributed by atoms with E-state index in [1.165, 1.54) is 0 Å². The first-order chi connectivity index (χ1) is 7.00. The zero-order valence-corrected chi connectivity index (χ0v) is 9.32. The summed E-state index contributed by atoms with van der Waals surface area (Å²) in [6.07, 6.45) is 2.71. The van der Waals surface area contributed by atoms with Crippen molar-refractivity contribution >= 4 is 11.7 Å². The first-order valence-corrected chi connectivity index (χ1v) is 5.53. The molecule has 0 unspecified atom stereocenters. The molecule has 1 rings (SSSR count). The number of nitrogens with one attached hydrogen (secondary N) is 1. The van der Waals surface area contributed by atoms with Crippen molar-refractivity contribution in [3.05, 3.63) is 0 Å². The zero-order valence-electron chi connectivity index (χ0n) is 9.32. The topological polar surface area (TPSA) is 66.4 Å². The smallest absolute Gasteiger partial charge is 0.287 e. The fourth-order valence-electron chi connectivity index (χ4n) is 1.74. The Kier molecular flexibility index (Phi) is 4.27. The number of ketones is 1.